The number of imidazole rings is 1. The Morgan fingerprint density at radius 2 is 1.73 bits per heavy atom. The highest BCUT2D eigenvalue weighted by atomic mass is 16.4. The Morgan fingerprint density at radius 1 is 1.04 bits per heavy atom. The number of carbonyl (C=O) groups is 1. The van der Waals surface area contributed by atoms with Gasteiger partial charge in [0.15, 0.2) is 0 Å². The molecule has 2 aromatic carbocycles. The van der Waals surface area contributed by atoms with Gasteiger partial charge in [0.25, 0.3) is 0 Å². The predicted molar refractivity (Wildman–Crippen MR) is 99.9 cm³/mol. The third-order valence-corrected chi connectivity index (χ3v) is 4.70. The molecular weight excluding hydrogens is 326 g/mol. The molecule has 0 amide bonds. The molecule has 5 heteroatoms. The Labute approximate surface area is 151 Å². The summed E-state index contributed by atoms with van der Waals surface area (Å²) in [5.74, 6) is 0.653. The van der Waals surface area contributed by atoms with E-state index in [0.717, 1.165) is 24.2 Å². The smallest absolute Gasteiger partial charge is 0.212 e. The standard InChI is InChI=1S/C21H19N3O2/c1-2-3-13-24-19-18(22-21(24)14-9-5-4-6-10-14)17(23-26)15-11-7-8-12-16(15)20(19)25/h4-12,26H,2-3,13H2,1H3. The number of ketones is 1. The highest BCUT2D eigenvalue weighted by Gasteiger charge is 2.34. The Hall–Kier alpha value is -3.21. The monoisotopic (exact) mass is 345 g/mol. The van der Waals surface area contributed by atoms with Gasteiger partial charge in [-0.2, -0.15) is 0 Å². The second kappa shape index (κ2) is 6.59. The van der Waals surface area contributed by atoms with Crippen LogP contribution in [0, 0.1) is 0 Å². The van der Waals surface area contributed by atoms with E-state index in [-0.39, 0.29) is 5.78 Å². The van der Waals surface area contributed by atoms with Crippen molar-refractivity contribution in [2.45, 2.75) is 26.3 Å². The van der Waals surface area contributed by atoms with Crippen LogP contribution in [-0.2, 0) is 6.54 Å². The SMILES string of the molecule is CCCCn1c(-c2ccccc2)nc2c1C(=O)c1ccccc1C2=NO. The maximum atomic E-state index is 13.2. The highest BCUT2D eigenvalue weighted by molar-refractivity contribution is 6.29. The van der Waals surface area contributed by atoms with Crippen LogP contribution in [0.25, 0.3) is 11.4 Å². The molecule has 1 N–H and O–H groups in total. The average molecular weight is 345 g/mol. The van der Waals surface area contributed by atoms with Crippen molar-refractivity contribution in [3.05, 3.63) is 77.1 Å². The molecule has 0 bridgehead atoms. The second-order valence-electron chi connectivity index (χ2n) is 6.33. The molecule has 4 rings (SSSR count). The first kappa shape index (κ1) is 16.3. The lowest BCUT2D eigenvalue weighted by Crippen LogP contribution is -2.24. The molecule has 0 aliphatic heterocycles. The van der Waals surface area contributed by atoms with Crippen LogP contribution in [0.5, 0.6) is 0 Å². The van der Waals surface area contributed by atoms with Crippen LogP contribution in [-0.4, -0.2) is 26.3 Å². The van der Waals surface area contributed by atoms with Crippen molar-refractivity contribution >= 4 is 11.5 Å². The molecule has 0 saturated carbocycles. The number of unbranched alkanes of at least 4 members (excludes halogenated alkanes) is 1. The summed E-state index contributed by atoms with van der Waals surface area (Å²) in [5, 5.41) is 13.1. The number of carbonyl (C=O) groups excluding carboxylic acids is 1. The molecule has 1 aliphatic rings. The van der Waals surface area contributed by atoms with Crippen LogP contribution in [0.1, 0.15) is 47.1 Å². The number of oxime groups is 1. The zero-order chi connectivity index (χ0) is 18.1. The zero-order valence-corrected chi connectivity index (χ0v) is 14.5. The van der Waals surface area contributed by atoms with Gasteiger partial charge in [-0.05, 0) is 6.42 Å². The minimum atomic E-state index is -0.0752. The van der Waals surface area contributed by atoms with Crippen LogP contribution in [0.2, 0.25) is 0 Å². The van der Waals surface area contributed by atoms with Crippen molar-refractivity contribution < 1.29 is 10.0 Å². The topological polar surface area (TPSA) is 67.5 Å². The van der Waals surface area contributed by atoms with Gasteiger partial charge in [0.1, 0.15) is 22.9 Å². The third-order valence-electron chi connectivity index (χ3n) is 4.70. The lowest BCUT2D eigenvalue weighted by molar-refractivity contribution is 0.102. The summed E-state index contributed by atoms with van der Waals surface area (Å²) in [6.07, 6.45) is 1.94. The molecule has 1 heterocycles. The van der Waals surface area contributed by atoms with E-state index in [1.807, 2.05) is 47.0 Å². The molecule has 0 radical (unpaired) electrons. The fourth-order valence-corrected chi connectivity index (χ4v) is 3.43. The number of fused-ring (bicyclic) bond motifs is 2. The summed E-state index contributed by atoms with van der Waals surface area (Å²) in [7, 11) is 0. The molecule has 1 aromatic heterocycles. The van der Waals surface area contributed by atoms with Gasteiger partial charge in [-0.15, -0.1) is 0 Å². The van der Waals surface area contributed by atoms with Crippen LogP contribution in [0.4, 0.5) is 0 Å². The summed E-state index contributed by atoms with van der Waals surface area (Å²) in [4.78, 5) is 17.9. The molecule has 130 valence electrons. The van der Waals surface area contributed by atoms with Crippen molar-refractivity contribution in [1.82, 2.24) is 9.55 Å². The molecule has 0 unspecified atom stereocenters. The van der Waals surface area contributed by atoms with E-state index in [2.05, 4.69) is 12.1 Å². The molecular formula is C21H19N3O2. The summed E-state index contributed by atoms with van der Waals surface area (Å²) >= 11 is 0. The van der Waals surface area contributed by atoms with Crippen molar-refractivity contribution in [2.24, 2.45) is 5.16 Å². The van der Waals surface area contributed by atoms with E-state index in [9.17, 15) is 10.0 Å². The molecule has 0 atom stereocenters. The number of aromatic nitrogens is 2. The van der Waals surface area contributed by atoms with Crippen LogP contribution in [0.15, 0.2) is 59.8 Å². The van der Waals surface area contributed by atoms with Crippen LogP contribution >= 0.6 is 0 Å². The van der Waals surface area contributed by atoms with Gasteiger partial charge in [-0.1, -0.05) is 73.1 Å². The molecule has 0 fully saturated rings. The lowest BCUT2D eigenvalue weighted by atomic mass is 9.89. The number of benzene rings is 2. The zero-order valence-electron chi connectivity index (χ0n) is 14.5. The summed E-state index contributed by atoms with van der Waals surface area (Å²) < 4.78 is 1.97. The van der Waals surface area contributed by atoms with Gasteiger partial charge >= 0.3 is 0 Å². The predicted octanol–water partition coefficient (Wildman–Crippen LogP) is 4.12. The molecule has 1 aliphatic carbocycles. The van der Waals surface area contributed by atoms with Crippen molar-refractivity contribution in [2.75, 3.05) is 0 Å². The third kappa shape index (κ3) is 2.44. The summed E-state index contributed by atoms with van der Waals surface area (Å²) in [6.45, 7) is 2.80. The van der Waals surface area contributed by atoms with E-state index < -0.39 is 0 Å². The van der Waals surface area contributed by atoms with E-state index in [0.29, 0.717) is 34.8 Å². The highest BCUT2D eigenvalue weighted by Crippen LogP contribution is 2.32. The van der Waals surface area contributed by atoms with E-state index in [1.54, 1.807) is 12.1 Å². The molecule has 0 saturated heterocycles. The number of rotatable bonds is 4. The average Bonchev–Trinajstić information content (AvgIpc) is 3.07. The van der Waals surface area contributed by atoms with Crippen LogP contribution in [0.3, 0.4) is 0 Å². The first-order valence-electron chi connectivity index (χ1n) is 8.78. The lowest BCUT2D eigenvalue weighted by Gasteiger charge is -2.17. The minimum Gasteiger partial charge on any atom is -0.410 e. The van der Waals surface area contributed by atoms with E-state index >= 15 is 0 Å². The van der Waals surface area contributed by atoms with E-state index in [4.69, 9.17) is 4.98 Å². The Bertz CT molecular complexity index is 1000. The first-order chi connectivity index (χ1) is 12.8. The Morgan fingerprint density at radius 3 is 2.42 bits per heavy atom. The summed E-state index contributed by atoms with van der Waals surface area (Å²) in [5.41, 5.74) is 3.40. The molecule has 3 aromatic rings. The fourth-order valence-electron chi connectivity index (χ4n) is 3.43. The second-order valence-corrected chi connectivity index (χ2v) is 6.33. The first-order valence-corrected chi connectivity index (χ1v) is 8.78. The number of nitrogens with zero attached hydrogens (tertiary/aromatic N) is 3. The normalized spacial score (nSPS) is 14.3. The van der Waals surface area contributed by atoms with Gasteiger partial charge in [-0.25, -0.2) is 4.98 Å². The van der Waals surface area contributed by atoms with Gasteiger partial charge in [0.2, 0.25) is 5.78 Å². The maximum absolute atomic E-state index is 13.2. The maximum Gasteiger partial charge on any atom is 0.212 e. The quantitative estimate of drug-likeness (QED) is 0.447. The number of hydrogen-bond donors (Lipinski definition) is 1. The minimum absolute atomic E-state index is 0.0752. The van der Waals surface area contributed by atoms with Crippen molar-refractivity contribution in [3.63, 3.8) is 0 Å². The van der Waals surface area contributed by atoms with Gasteiger partial charge in [-0.3, -0.25) is 4.79 Å². The van der Waals surface area contributed by atoms with Gasteiger partial charge in [0, 0.05) is 23.2 Å². The van der Waals surface area contributed by atoms with Crippen LogP contribution < -0.4 is 0 Å². The van der Waals surface area contributed by atoms with E-state index in [1.165, 1.54) is 0 Å². The summed E-state index contributed by atoms with van der Waals surface area (Å²) in [6, 6.07) is 17.0. The molecule has 26 heavy (non-hydrogen) atoms. The van der Waals surface area contributed by atoms with Crippen molar-refractivity contribution in [3.8, 4) is 11.4 Å². The molecule has 5 nitrogen and oxygen atoms in total. The van der Waals surface area contributed by atoms with Gasteiger partial charge < -0.3 is 9.77 Å². The Balaban J connectivity index is 1.99. The Kier molecular flexibility index (Phi) is 4.13. The van der Waals surface area contributed by atoms with Gasteiger partial charge in [0.05, 0.1) is 0 Å². The van der Waals surface area contributed by atoms with Crippen molar-refractivity contribution in [1.29, 1.82) is 0 Å². The number of hydrogen-bond acceptors (Lipinski definition) is 4. The largest absolute Gasteiger partial charge is 0.410 e. The molecule has 0 spiro atoms. The fraction of sp³-hybridized carbons (Fsp3) is 0.190.